The Morgan fingerprint density at radius 2 is 1.57 bits per heavy atom. The SMILES string of the molecule is CC(=O)/C(=C(\C)O)c1oc(C)c(C(C)=O)c1-c1ccc(C)cc1. The first-order chi connectivity index (χ1) is 10.7. The summed E-state index contributed by atoms with van der Waals surface area (Å²) in [7, 11) is 0. The zero-order valence-corrected chi connectivity index (χ0v) is 14.0. The molecule has 0 saturated carbocycles. The molecule has 0 aliphatic heterocycles. The van der Waals surface area contributed by atoms with E-state index in [0.717, 1.165) is 11.1 Å². The summed E-state index contributed by atoms with van der Waals surface area (Å²) in [5.41, 5.74) is 2.93. The van der Waals surface area contributed by atoms with Gasteiger partial charge in [0.2, 0.25) is 0 Å². The molecule has 23 heavy (non-hydrogen) atoms. The molecule has 0 fully saturated rings. The van der Waals surface area contributed by atoms with Gasteiger partial charge in [0.25, 0.3) is 0 Å². The third-order valence-electron chi connectivity index (χ3n) is 3.72. The van der Waals surface area contributed by atoms with Crippen molar-refractivity contribution in [3.8, 4) is 11.1 Å². The molecule has 4 heteroatoms. The predicted octanol–water partition coefficient (Wildman–Crippen LogP) is 4.64. The molecule has 0 aliphatic carbocycles. The topological polar surface area (TPSA) is 67.5 Å². The van der Waals surface area contributed by atoms with E-state index in [1.165, 1.54) is 20.8 Å². The van der Waals surface area contributed by atoms with Crippen LogP contribution in [0.1, 0.15) is 48.2 Å². The fraction of sp³-hybridized carbons (Fsp3) is 0.263. The van der Waals surface area contributed by atoms with Crippen molar-refractivity contribution >= 4 is 17.1 Å². The standard InChI is InChI=1S/C19H20O4/c1-10-6-8-15(9-7-10)18-17(13(4)22)14(5)23-19(18)16(11(2)20)12(3)21/h6-9,20H,1-5H3/b16-11-. The van der Waals surface area contributed by atoms with Crippen LogP contribution in [-0.4, -0.2) is 16.7 Å². The average Bonchev–Trinajstić information content (AvgIpc) is 2.76. The number of rotatable bonds is 4. The Kier molecular flexibility index (Phi) is 4.55. The highest BCUT2D eigenvalue weighted by Crippen LogP contribution is 2.38. The third kappa shape index (κ3) is 3.11. The summed E-state index contributed by atoms with van der Waals surface area (Å²) in [5, 5.41) is 9.90. The molecule has 0 aliphatic rings. The van der Waals surface area contributed by atoms with Crippen molar-refractivity contribution in [2.24, 2.45) is 0 Å². The Hall–Kier alpha value is -2.62. The number of ketones is 2. The van der Waals surface area contributed by atoms with E-state index >= 15 is 0 Å². The summed E-state index contributed by atoms with van der Waals surface area (Å²) in [4.78, 5) is 24.0. The lowest BCUT2D eigenvalue weighted by molar-refractivity contribution is -0.112. The van der Waals surface area contributed by atoms with Gasteiger partial charge < -0.3 is 9.52 Å². The molecule has 0 unspecified atom stereocenters. The van der Waals surface area contributed by atoms with Gasteiger partial charge in [0.15, 0.2) is 11.6 Å². The first kappa shape index (κ1) is 16.7. The number of hydrogen-bond acceptors (Lipinski definition) is 4. The van der Waals surface area contributed by atoms with E-state index in [4.69, 9.17) is 4.42 Å². The first-order valence-electron chi connectivity index (χ1n) is 7.36. The second-order valence-corrected chi connectivity index (χ2v) is 5.68. The van der Waals surface area contributed by atoms with Crippen molar-refractivity contribution in [1.29, 1.82) is 0 Å². The maximum atomic E-state index is 12.1. The van der Waals surface area contributed by atoms with Crippen LogP contribution in [0.3, 0.4) is 0 Å². The van der Waals surface area contributed by atoms with E-state index in [0.29, 0.717) is 16.9 Å². The number of aryl methyl sites for hydroxylation is 2. The molecule has 0 atom stereocenters. The minimum atomic E-state index is -0.317. The number of Topliss-reactive ketones (excluding diaryl/α,β-unsaturated/α-hetero) is 2. The second kappa shape index (κ2) is 6.24. The number of aliphatic hydroxyl groups is 1. The summed E-state index contributed by atoms with van der Waals surface area (Å²) in [6, 6.07) is 7.60. The lowest BCUT2D eigenvalue weighted by atomic mass is 9.93. The molecule has 0 radical (unpaired) electrons. The molecule has 1 heterocycles. The van der Waals surface area contributed by atoms with Crippen LogP contribution < -0.4 is 0 Å². The molecule has 4 nitrogen and oxygen atoms in total. The second-order valence-electron chi connectivity index (χ2n) is 5.68. The fourth-order valence-corrected chi connectivity index (χ4v) is 2.72. The Balaban J connectivity index is 2.87. The quantitative estimate of drug-likeness (QED) is 0.507. The maximum Gasteiger partial charge on any atom is 0.166 e. The number of furan rings is 1. The first-order valence-corrected chi connectivity index (χ1v) is 7.36. The number of carbonyl (C=O) groups is 2. The number of allylic oxidation sites excluding steroid dienone is 2. The molecule has 1 aromatic heterocycles. The smallest absolute Gasteiger partial charge is 0.166 e. The van der Waals surface area contributed by atoms with Crippen LogP contribution in [0.15, 0.2) is 34.4 Å². The van der Waals surface area contributed by atoms with Crippen LogP contribution in [-0.2, 0) is 4.79 Å². The third-order valence-corrected chi connectivity index (χ3v) is 3.72. The van der Waals surface area contributed by atoms with Crippen molar-refractivity contribution in [2.75, 3.05) is 0 Å². The fourth-order valence-electron chi connectivity index (χ4n) is 2.72. The number of hydrogen-bond donors (Lipinski definition) is 1. The number of aliphatic hydroxyl groups excluding tert-OH is 1. The van der Waals surface area contributed by atoms with E-state index in [-0.39, 0.29) is 28.7 Å². The van der Waals surface area contributed by atoms with E-state index in [1.807, 2.05) is 31.2 Å². The molecule has 1 N–H and O–H groups in total. The van der Waals surface area contributed by atoms with Gasteiger partial charge in [0.1, 0.15) is 17.3 Å². The van der Waals surface area contributed by atoms with Gasteiger partial charge in [-0.3, -0.25) is 9.59 Å². The number of benzene rings is 1. The van der Waals surface area contributed by atoms with Crippen molar-refractivity contribution in [2.45, 2.75) is 34.6 Å². The Bertz CT molecular complexity index is 801. The van der Waals surface area contributed by atoms with Gasteiger partial charge in [0, 0.05) is 5.56 Å². The zero-order valence-electron chi connectivity index (χ0n) is 14.0. The van der Waals surface area contributed by atoms with Crippen LogP contribution in [0.2, 0.25) is 0 Å². The zero-order chi connectivity index (χ0) is 17.3. The van der Waals surface area contributed by atoms with E-state index in [1.54, 1.807) is 6.92 Å². The summed E-state index contributed by atoms with van der Waals surface area (Å²) in [6.07, 6.45) is 0. The minimum absolute atomic E-state index is 0.0937. The van der Waals surface area contributed by atoms with Crippen molar-refractivity contribution in [3.63, 3.8) is 0 Å². The molecule has 1 aromatic carbocycles. The van der Waals surface area contributed by atoms with Gasteiger partial charge in [-0.2, -0.15) is 0 Å². The lowest BCUT2D eigenvalue weighted by Gasteiger charge is -2.08. The Morgan fingerprint density at radius 3 is 2.00 bits per heavy atom. The molecule has 120 valence electrons. The molecule has 2 rings (SSSR count). The van der Waals surface area contributed by atoms with Crippen molar-refractivity contribution in [3.05, 3.63) is 52.7 Å². The highest BCUT2D eigenvalue weighted by Gasteiger charge is 2.27. The van der Waals surface area contributed by atoms with E-state index in [2.05, 4.69) is 0 Å². The highest BCUT2D eigenvalue weighted by atomic mass is 16.3. The van der Waals surface area contributed by atoms with Crippen LogP contribution in [0.5, 0.6) is 0 Å². The molecule has 0 saturated heterocycles. The van der Waals surface area contributed by atoms with Crippen LogP contribution in [0.25, 0.3) is 16.7 Å². The van der Waals surface area contributed by atoms with Gasteiger partial charge in [-0.1, -0.05) is 29.8 Å². The average molecular weight is 312 g/mol. The van der Waals surface area contributed by atoms with Gasteiger partial charge in [-0.05, 0) is 40.2 Å². The predicted molar refractivity (Wildman–Crippen MR) is 89.5 cm³/mol. The van der Waals surface area contributed by atoms with Crippen molar-refractivity contribution in [1.82, 2.24) is 0 Å². The Labute approximate surface area is 135 Å². The van der Waals surface area contributed by atoms with Gasteiger partial charge in [-0.15, -0.1) is 0 Å². The largest absolute Gasteiger partial charge is 0.512 e. The van der Waals surface area contributed by atoms with Gasteiger partial charge >= 0.3 is 0 Å². The molecule has 0 amide bonds. The summed E-state index contributed by atoms with van der Waals surface area (Å²) in [6.45, 7) is 7.90. The normalized spacial score (nSPS) is 12.0. The summed E-state index contributed by atoms with van der Waals surface area (Å²) >= 11 is 0. The molecular formula is C19H20O4. The highest BCUT2D eigenvalue weighted by molar-refractivity contribution is 6.22. The lowest BCUT2D eigenvalue weighted by Crippen LogP contribution is -2.01. The summed E-state index contributed by atoms with van der Waals surface area (Å²) in [5.74, 6) is 0.0793. The maximum absolute atomic E-state index is 12.1. The van der Waals surface area contributed by atoms with Crippen LogP contribution >= 0.6 is 0 Å². The van der Waals surface area contributed by atoms with E-state index in [9.17, 15) is 14.7 Å². The van der Waals surface area contributed by atoms with Crippen LogP contribution in [0.4, 0.5) is 0 Å². The van der Waals surface area contributed by atoms with Crippen LogP contribution in [0, 0.1) is 13.8 Å². The molecule has 0 bridgehead atoms. The molecular weight excluding hydrogens is 292 g/mol. The molecule has 2 aromatic rings. The van der Waals surface area contributed by atoms with E-state index < -0.39 is 0 Å². The molecule has 0 spiro atoms. The van der Waals surface area contributed by atoms with Gasteiger partial charge in [0.05, 0.1) is 11.1 Å². The minimum Gasteiger partial charge on any atom is -0.512 e. The number of carbonyl (C=O) groups excluding carboxylic acids is 2. The monoisotopic (exact) mass is 312 g/mol. The van der Waals surface area contributed by atoms with Crippen molar-refractivity contribution < 1.29 is 19.1 Å². The summed E-state index contributed by atoms with van der Waals surface area (Å²) < 4.78 is 5.72. The van der Waals surface area contributed by atoms with Gasteiger partial charge in [-0.25, -0.2) is 0 Å². The Morgan fingerprint density at radius 1 is 1.00 bits per heavy atom.